The molecule has 2 aromatic rings. The summed E-state index contributed by atoms with van der Waals surface area (Å²) in [6, 6.07) is 9.94. The van der Waals surface area contributed by atoms with E-state index in [1.54, 1.807) is 17.6 Å². The molecule has 132 valence electrons. The van der Waals surface area contributed by atoms with Crippen LogP contribution in [0.4, 0.5) is 10.7 Å². The van der Waals surface area contributed by atoms with E-state index in [9.17, 15) is 0 Å². The molecular formula is C18H21ClN4S2. The lowest BCUT2D eigenvalue weighted by Gasteiger charge is -2.27. The van der Waals surface area contributed by atoms with E-state index >= 15 is 0 Å². The summed E-state index contributed by atoms with van der Waals surface area (Å²) < 4.78 is 0. The normalized spacial score (nSPS) is 14.7. The fraction of sp³-hybridized carbons (Fsp3) is 0.333. The molecule has 1 aromatic carbocycles. The smallest absolute Gasteiger partial charge is 0.191 e. The summed E-state index contributed by atoms with van der Waals surface area (Å²) in [6.07, 6.45) is 5.71. The number of hydrazone groups is 1. The second kappa shape index (κ2) is 8.65. The summed E-state index contributed by atoms with van der Waals surface area (Å²) >= 11 is 13.1. The Bertz CT molecular complexity index is 766. The van der Waals surface area contributed by atoms with E-state index in [0.29, 0.717) is 10.1 Å². The van der Waals surface area contributed by atoms with Gasteiger partial charge >= 0.3 is 0 Å². The van der Waals surface area contributed by atoms with E-state index in [0.717, 1.165) is 29.2 Å². The molecule has 0 saturated carbocycles. The van der Waals surface area contributed by atoms with E-state index in [2.05, 4.69) is 32.9 Å². The van der Waals surface area contributed by atoms with E-state index in [-0.39, 0.29) is 0 Å². The SMILES string of the molecule is Cc1c(Cl)cccc1NC(=S)N/N=C\c1ccc(N2CCCCC2)s1. The highest BCUT2D eigenvalue weighted by molar-refractivity contribution is 7.80. The van der Waals surface area contributed by atoms with Gasteiger partial charge in [-0.3, -0.25) is 5.43 Å². The molecule has 3 rings (SSSR count). The molecule has 1 aliphatic rings. The number of hydrogen-bond acceptors (Lipinski definition) is 4. The monoisotopic (exact) mass is 392 g/mol. The quantitative estimate of drug-likeness (QED) is 0.435. The van der Waals surface area contributed by atoms with Crippen molar-refractivity contribution in [2.24, 2.45) is 5.10 Å². The van der Waals surface area contributed by atoms with Crippen LogP contribution in [0.15, 0.2) is 35.4 Å². The molecule has 0 unspecified atom stereocenters. The van der Waals surface area contributed by atoms with Crippen LogP contribution in [0.25, 0.3) is 0 Å². The summed E-state index contributed by atoms with van der Waals surface area (Å²) in [4.78, 5) is 3.56. The molecule has 2 heterocycles. The first kappa shape index (κ1) is 18.2. The van der Waals surface area contributed by atoms with Crippen LogP contribution in [0.1, 0.15) is 29.7 Å². The molecule has 0 aliphatic carbocycles. The highest BCUT2D eigenvalue weighted by atomic mass is 35.5. The van der Waals surface area contributed by atoms with Crippen molar-refractivity contribution in [3.8, 4) is 0 Å². The van der Waals surface area contributed by atoms with Gasteiger partial charge in [0.25, 0.3) is 0 Å². The predicted octanol–water partition coefficient (Wildman–Crippen LogP) is 5.02. The van der Waals surface area contributed by atoms with Gasteiger partial charge in [0.05, 0.1) is 11.2 Å². The summed E-state index contributed by atoms with van der Waals surface area (Å²) in [6.45, 7) is 4.26. The van der Waals surface area contributed by atoms with E-state index in [1.165, 1.54) is 24.3 Å². The Labute approximate surface area is 162 Å². The first-order chi connectivity index (χ1) is 12.1. The number of benzene rings is 1. The minimum absolute atomic E-state index is 0.439. The van der Waals surface area contributed by atoms with Crippen molar-refractivity contribution in [3.63, 3.8) is 0 Å². The third-order valence-corrected chi connectivity index (χ3v) is 5.84. The van der Waals surface area contributed by atoms with Gasteiger partial charge in [0, 0.05) is 28.7 Å². The Balaban J connectivity index is 1.53. The molecule has 0 atom stereocenters. The molecule has 0 bridgehead atoms. The number of nitrogens with zero attached hydrogens (tertiary/aromatic N) is 2. The Kier molecular flexibility index (Phi) is 6.29. The van der Waals surface area contributed by atoms with Gasteiger partial charge in [-0.05, 0) is 68.2 Å². The van der Waals surface area contributed by atoms with Crippen LogP contribution >= 0.6 is 35.2 Å². The molecule has 1 aliphatic heterocycles. The van der Waals surface area contributed by atoms with Crippen LogP contribution in [-0.4, -0.2) is 24.4 Å². The van der Waals surface area contributed by atoms with Crippen molar-refractivity contribution in [3.05, 3.63) is 45.8 Å². The number of hydrogen-bond donors (Lipinski definition) is 2. The van der Waals surface area contributed by atoms with Crippen LogP contribution in [0, 0.1) is 6.92 Å². The first-order valence-electron chi connectivity index (χ1n) is 8.33. The number of thiophene rings is 1. The average Bonchev–Trinajstić information content (AvgIpc) is 3.09. The van der Waals surface area contributed by atoms with Crippen molar-refractivity contribution < 1.29 is 0 Å². The molecule has 25 heavy (non-hydrogen) atoms. The molecule has 1 aromatic heterocycles. The topological polar surface area (TPSA) is 39.7 Å². The Morgan fingerprint density at radius 1 is 1.24 bits per heavy atom. The van der Waals surface area contributed by atoms with Crippen molar-refractivity contribution in [2.75, 3.05) is 23.3 Å². The van der Waals surface area contributed by atoms with Gasteiger partial charge in [-0.25, -0.2) is 0 Å². The minimum atomic E-state index is 0.439. The number of halogens is 1. The van der Waals surface area contributed by atoms with Crippen LogP contribution < -0.4 is 15.6 Å². The highest BCUT2D eigenvalue weighted by Crippen LogP contribution is 2.27. The lowest BCUT2D eigenvalue weighted by Crippen LogP contribution is -2.28. The Hall–Kier alpha value is -1.63. The van der Waals surface area contributed by atoms with Gasteiger partial charge in [0.2, 0.25) is 0 Å². The minimum Gasteiger partial charge on any atom is -0.363 e. The number of rotatable bonds is 4. The molecule has 2 N–H and O–H groups in total. The molecular weight excluding hydrogens is 372 g/mol. The van der Waals surface area contributed by atoms with Gasteiger partial charge in [-0.1, -0.05) is 17.7 Å². The lowest BCUT2D eigenvalue weighted by atomic mass is 10.1. The molecule has 0 amide bonds. The van der Waals surface area contributed by atoms with Crippen molar-refractivity contribution >= 4 is 57.2 Å². The zero-order valence-corrected chi connectivity index (χ0v) is 16.5. The molecule has 4 nitrogen and oxygen atoms in total. The van der Waals surface area contributed by atoms with Gasteiger partial charge < -0.3 is 10.2 Å². The molecule has 1 fully saturated rings. The molecule has 7 heteroatoms. The standard InChI is InChI=1S/C18H21ClN4S2/c1-13-15(19)6-5-7-16(13)21-18(24)22-20-12-14-8-9-17(25-14)23-10-3-2-4-11-23/h5-9,12H,2-4,10-11H2,1H3,(H2,21,22,24)/b20-12-. The zero-order chi connectivity index (χ0) is 17.6. The fourth-order valence-corrected chi connectivity index (χ4v) is 4.01. The summed E-state index contributed by atoms with van der Waals surface area (Å²) in [5.41, 5.74) is 4.69. The Morgan fingerprint density at radius 2 is 2.04 bits per heavy atom. The first-order valence-corrected chi connectivity index (χ1v) is 9.94. The Morgan fingerprint density at radius 3 is 2.84 bits per heavy atom. The van der Waals surface area contributed by atoms with Gasteiger partial charge in [-0.15, -0.1) is 11.3 Å². The van der Waals surface area contributed by atoms with Crippen molar-refractivity contribution in [2.45, 2.75) is 26.2 Å². The number of thiocarbonyl (C=S) groups is 1. The van der Waals surface area contributed by atoms with Gasteiger partial charge in [0.15, 0.2) is 5.11 Å². The van der Waals surface area contributed by atoms with Gasteiger partial charge in [-0.2, -0.15) is 5.10 Å². The second-order valence-electron chi connectivity index (χ2n) is 5.96. The predicted molar refractivity (Wildman–Crippen MR) is 114 cm³/mol. The average molecular weight is 393 g/mol. The van der Waals surface area contributed by atoms with Crippen molar-refractivity contribution in [1.29, 1.82) is 0 Å². The number of anilines is 2. The van der Waals surface area contributed by atoms with Crippen LogP contribution in [0.3, 0.4) is 0 Å². The van der Waals surface area contributed by atoms with Crippen LogP contribution in [0.5, 0.6) is 0 Å². The highest BCUT2D eigenvalue weighted by Gasteiger charge is 2.12. The van der Waals surface area contributed by atoms with E-state index < -0.39 is 0 Å². The van der Waals surface area contributed by atoms with Crippen LogP contribution in [0.2, 0.25) is 5.02 Å². The summed E-state index contributed by atoms with van der Waals surface area (Å²) in [5, 5.41) is 9.80. The lowest BCUT2D eigenvalue weighted by molar-refractivity contribution is 0.580. The van der Waals surface area contributed by atoms with E-state index in [4.69, 9.17) is 23.8 Å². The van der Waals surface area contributed by atoms with Crippen molar-refractivity contribution in [1.82, 2.24) is 5.43 Å². The zero-order valence-electron chi connectivity index (χ0n) is 14.1. The van der Waals surface area contributed by atoms with E-state index in [1.807, 2.05) is 25.1 Å². The maximum Gasteiger partial charge on any atom is 0.191 e. The molecule has 1 saturated heterocycles. The van der Waals surface area contributed by atoms with Crippen LogP contribution in [-0.2, 0) is 0 Å². The third kappa shape index (κ3) is 4.93. The molecule has 0 spiro atoms. The second-order valence-corrected chi connectivity index (χ2v) is 7.87. The maximum atomic E-state index is 6.11. The third-order valence-electron chi connectivity index (χ3n) is 4.15. The fourth-order valence-electron chi connectivity index (χ4n) is 2.74. The van der Waals surface area contributed by atoms with Gasteiger partial charge in [0.1, 0.15) is 0 Å². The number of piperidine rings is 1. The maximum absolute atomic E-state index is 6.11. The number of nitrogens with one attached hydrogen (secondary N) is 2. The molecule has 0 radical (unpaired) electrons. The summed E-state index contributed by atoms with van der Waals surface area (Å²) in [7, 11) is 0. The summed E-state index contributed by atoms with van der Waals surface area (Å²) in [5.74, 6) is 0. The largest absolute Gasteiger partial charge is 0.363 e.